The van der Waals surface area contributed by atoms with E-state index in [0.717, 1.165) is 36.5 Å². The largest absolute Gasteiger partial charge is 0.341 e. The Balaban J connectivity index is 1.28. The van der Waals surface area contributed by atoms with Crippen LogP contribution in [0.15, 0.2) is 64.0 Å². The number of aromatic nitrogens is 2. The Morgan fingerprint density at radius 2 is 1.83 bits per heavy atom. The van der Waals surface area contributed by atoms with E-state index < -0.39 is 0 Å². The summed E-state index contributed by atoms with van der Waals surface area (Å²) < 4.78 is 5.44. The Hall–Kier alpha value is -2.35. The molecule has 6 nitrogen and oxygen atoms in total. The third-order valence-corrected chi connectivity index (χ3v) is 6.22. The molecule has 0 N–H and O–H groups in total. The lowest BCUT2D eigenvalue weighted by molar-refractivity contribution is -0.128. The Bertz CT molecular complexity index is 965. The minimum atomic E-state index is 0.188. The van der Waals surface area contributed by atoms with Gasteiger partial charge in [-0.1, -0.05) is 35.0 Å². The van der Waals surface area contributed by atoms with Gasteiger partial charge in [0.15, 0.2) is 0 Å². The Kier molecular flexibility index (Phi) is 7.04. The van der Waals surface area contributed by atoms with Gasteiger partial charge in [0.2, 0.25) is 17.6 Å². The quantitative estimate of drug-likeness (QED) is 0.533. The second kappa shape index (κ2) is 10.1. The molecule has 2 heterocycles. The zero-order valence-corrected chi connectivity index (χ0v) is 18.1. The van der Waals surface area contributed by atoms with Crippen LogP contribution in [-0.4, -0.2) is 57.8 Å². The zero-order valence-electron chi connectivity index (χ0n) is 16.5. The number of rotatable bonds is 6. The highest BCUT2D eigenvalue weighted by molar-refractivity contribution is 8.00. The van der Waals surface area contributed by atoms with E-state index in [1.807, 2.05) is 59.5 Å². The number of carbonyl (C=O) groups excluding carboxylic acids is 1. The Labute approximate surface area is 185 Å². The van der Waals surface area contributed by atoms with Gasteiger partial charge in [-0.05, 0) is 42.8 Å². The molecule has 30 heavy (non-hydrogen) atoms. The maximum absolute atomic E-state index is 12.6. The molecular weight excluding hydrogens is 420 g/mol. The molecule has 1 amide bonds. The highest BCUT2D eigenvalue weighted by Crippen LogP contribution is 2.20. The van der Waals surface area contributed by atoms with E-state index in [4.69, 9.17) is 16.1 Å². The van der Waals surface area contributed by atoms with Gasteiger partial charge in [0.25, 0.3) is 0 Å². The average Bonchev–Trinajstić information content (AvgIpc) is 3.11. The van der Waals surface area contributed by atoms with Crippen LogP contribution in [0.25, 0.3) is 11.4 Å². The SMILES string of the molecule is O=C(CSc1ccccc1)N1CCCN(Cc2nc(-c3ccc(Cl)cc3)no2)CC1. The number of hydrogen-bond acceptors (Lipinski definition) is 6. The summed E-state index contributed by atoms with van der Waals surface area (Å²) in [7, 11) is 0. The van der Waals surface area contributed by atoms with Crippen molar-refractivity contribution in [2.45, 2.75) is 17.9 Å². The molecule has 1 saturated heterocycles. The fourth-order valence-electron chi connectivity index (χ4n) is 3.36. The molecule has 2 aromatic carbocycles. The highest BCUT2D eigenvalue weighted by atomic mass is 35.5. The number of carbonyl (C=O) groups is 1. The fraction of sp³-hybridized carbons (Fsp3) is 0.318. The Morgan fingerprint density at radius 1 is 1.03 bits per heavy atom. The van der Waals surface area contributed by atoms with Gasteiger partial charge in [0, 0.05) is 41.7 Å². The van der Waals surface area contributed by atoms with Gasteiger partial charge in [-0.25, -0.2) is 0 Å². The smallest absolute Gasteiger partial charge is 0.241 e. The predicted molar refractivity (Wildman–Crippen MR) is 118 cm³/mol. The van der Waals surface area contributed by atoms with E-state index in [0.29, 0.717) is 35.6 Å². The number of halogens is 1. The van der Waals surface area contributed by atoms with Crippen molar-refractivity contribution in [3.8, 4) is 11.4 Å². The van der Waals surface area contributed by atoms with Crippen LogP contribution in [-0.2, 0) is 11.3 Å². The molecule has 0 saturated carbocycles. The van der Waals surface area contributed by atoms with Gasteiger partial charge in [0.05, 0.1) is 12.3 Å². The molecule has 1 aliphatic rings. The molecule has 0 radical (unpaired) electrons. The first-order chi connectivity index (χ1) is 14.7. The van der Waals surface area contributed by atoms with Crippen LogP contribution >= 0.6 is 23.4 Å². The first kappa shape index (κ1) is 20.9. The molecule has 0 bridgehead atoms. The third-order valence-electron chi connectivity index (χ3n) is 4.98. The van der Waals surface area contributed by atoms with Gasteiger partial charge >= 0.3 is 0 Å². The lowest BCUT2D eigenvalue weighted by Gasteiger charge is -2.21. The topological polar surface area (TPSA) is 62.5 Å². The summed E-state index contributed by atoms with van der Waals surface area (Å²) in [6, 6.07) is 17.4. The van der Waals surface area contributed by atoms with Crippen molar-refractivity contribution in [1.82, 2.24) is 19.9 Å². The minimum absolute atomic E-state index is 0.188. The van der Waals surface area contributed by atoms with Gasteiger partial charge in [0.1, 0.15) is 0 Å². The summed E-state index contributed by atoms with van der Waals surface area (Å²) in [4.78, 5) is 22.5. The summed E-state index contributed by atoms with van der Waals surface area (Å²) in [6.07, 6.45) is 0.930. The molecule has 3 aromatic rings. The number of benzene rings is 2. The molecule has 156 valence electrons. The first-order valence-corrected chi connectivity index (χ1v) is 11.3. The van der Waals surface area contributed by atoms with Crippen molar-refractivity contribution in [1.29, 1.82) is 0 Å². The average molecular weight is 443 g/mol. The van der Waals surface area contributed by atoms with Gasteiger partial charge in [-0.15, -0.1) is 11.8 Å². The summed E-state index contributed by atoms with van der Waals surface area (Å²) in [5.41, 5.74) is 0.873. The standard InChI is InChI=1S/C22H23ClN4O2S/c23-18-9-7-17(8-10-18)22-24-20(29-25-22)15-26-11-4-12-27(14-13-26)21(28)16-30-19-5-2-1-3-6-19/h1-3,5-10H,4,11-16H2. The van der Waals surface area contributed by atoms with Crippen LogP contribution in [0.1, 0.15) is 12.3 Å². The van der Waals surface area contributed by atoms with E-state index in [2.05, 4.69) is 15.0 Å². The van der Waals surface area contributed by atoms with Crippen molar-refractivity contribution in [3.63, 3.8) is 0 Å². The van der Waals surface area contributed by atoms with Crippen LogP contribution < -0.4 is 0 Å². The summed E-state index contributed by atoms with van der Waals surface area (Å²) in [5.74, 6) is 1.80. The third kappa shape index (κ3) is 5.62. The van der Waals surface area contributed by atoms with E-state index >= 15 is 0 Å². The molecule has 8 heteroatoms. The number of nitrogens with zero attached hydrogens (tertiary/aromatic N) is 4. The number of amides is 1. The molecular formula is C22H23ClN4O2S. The molecule has 1 aliphatic heterocycles. The summed E-state index contributed by atoms with van der Waals surface area (Å²) in [6.45, 7) is 3.77. The van der Waals surface area contributed by atoms with Crippen molar-refractivity contribution in [2.24, 2.45) is 0 Å². The van der Waals surface area contributed by atoms with Crippen LogP contribution in [0, 0.1) is 0 Å². The molecule has 1 aromatic heterocycles. The molecule has 0 atom stereocenters. The van der Waals surface area contributed by atoms with Crippen molar-refractivity contribution >= 4 is 29.3 Å². The van der Waals surface area contributed by atoms with Crippen molar-refractivity contribution in [2.75, 3.05) is 31.9 Å². The van der Waals surface area contributed by atoms with E-state index in [-0.39, 0.29) is 5.91 Å². The maximum Gasteiger partial charge on any atom is 0.241 e. The first-order valence-electron chi connectivity index (χ1n) is 9.94. The minimum Gasteiger partial charge on any atom is -0.341 e. The second-order valence-electron chi connectivity index (χ2n) is 7.13. The van der Waals surface area contributed by atoms with E-state index in [1.165, 1.54) is 0 Å². The lowest BCUT2D eigenvalue weighted by Crippen LogP contribution is -2.36. The van der Waals surface area contributed by atoms with Crippen LogP contribution in [0.2, 0.25) is 5.02 Å². The zero-order chi connectivity index (χ0) is 20.8. The normalized spacial score (nSPS) is 15.2. The van der Waals surface area contributed by atoms with Gasteiger partial charge < -0.3 is 9.42 Å². The lowest BCUT2D eigenvalue weighted by atomic mass is 10.2. The highest BCUT2D eigenvalue weighted by Gasteiger charge is 2.21. The summed E-state index contributed by atoms with van der Waals surface area (Å²) in [5, 5.41) is 4.75. The Morgan fingerprint density at radius 3 is 2.63 bits per heavy atom. The molecule has 4 rings (SSSR count). The molecule has 0 spiro atoms. The molecule has 0 unspecified atom stereocenters. The van der Waals surface area contributed by atoms with Crippen molar-refractivity contribution < 1.29 is 9.32 Å². The van der Waals surface area contributed by atoms with Crippen molar-refractivity contribution in [3.05, 3.63) is 65.5 Å². The molecule has 1 fully saturated rings. The summed E-state index contributed by atoms with van der Waals surface area (Å²) >= 11 is 7.52. The maximum atomic E-state index is 12.6. The number of hydrogen-bond donors (Lipinski definition) is 0. The molecule has 0 aliphatic carbocycles. The fourth-order valence-corrected chi connectivity index (χ4v) is 4.31. The van der Waals surface area contributed by atoms with Crippen LogP contribution in [0.5, 0.6) is 0 Å². The van der Waals surface area contributed by atoms with Gasteiger partial charge in [-0.2, -0.15) is 4.98 Å². The second-order valence-corrected chi connectivity index (χ2v) is 8.62. The van der Waals surface area contributed by atoms with Gasteiger partial charge in [-0.3, -0.25) is 9.69 Å². The van der Waals surface area contributed by atoms with E-state index in [9.17, 15) is 4.79 Å². The monoisotopic (exact) mass is 442 g/mol. The number of thioether (sulfide) groups is 1. The van der Waals surface area contributed by atoms with E-state index in [1.54, 1.807) is 11.8 Å². The van der Waals surface area contributed by atoms with Crippen LogP contribution in [0.3, 0.4) is 0 Å². The van der Waals surface area contributed by atoms with Crippen LogP contribution in [0.4, 0.5) is 0 Å². The predicted octanol–water partition coefficient (Wildman–Crippen LogP) is 4.22.